The third kappa shape index (κ3) is 4.20. The molecule has 1 N–H and O–H groups in total. The van der Waals surface area contributed by atoms with Crippen LogP contribution in [-0.4, -0.2) is 31.8 Å². The molecule has 1 atom stereocenters. The monoisotopic (exact) mass is 288 g/mol. The number of carbonyl (C=O) groups is 1. The molecule has 112 valence electrons. The van der Waals surface area contributed by atoms with Crippen molar-refractivity contribution in [2.75, 3.05) is 19.0 Å². The number of para-hydroxylation sites is 1. The zero-order valence-corrected chi connectivity index (χ0v) is 12.2. The molecule has 2 rings (SSSR count). The average Bonchev–Trinajstić information content (AvgIpc) is 3.04. The SMILES string of the molecule is COC(=O)C(COC1CCCC1)Nc1ccccc1C#N. The van der Waals surface area contributed by atoms with Gasteiger partial charge < -0.3 is 14.8 Å². The second kappa shape index (κ2) is 7.65. The summed E-state index contributed by atoms with van der Waals surface area (Å²) in [4.78, 5) is 11.9. The van der Waals surface area contributed by atoms with Crippen molar-refractivity contribution in [2.45, 2.75) is 37.8 Å². The van der Waals surface area contributed by atoms with Crippen molar-refractivity contribution >= 4 is 11.7 Å². The first-order valence-corrected chi connectivity index (χ1v) is 7.19. The van der Waals surface area contributed by atoms with Crippen LogP contribution in [0.15, 0.2) is 24.3 Å². The van der Waals surface area contributed by atoms with Gasteiger partial charge in [0.15, 0.2) is 0 Å². The Morgan fingerprint density at radius 3 is 2.81 bits per heavy atom. The highest BCUT2D eigenvalue weighted by Gasteiger charge is 2.23. The molecule has 0 bridgehead atoms. The second-order valence-electron chi connectivity index (χ2n) is 5.12. The van der Waals surface area contributed by atoms with E-state index in [1.165, 1.54) is 20.0 Å². The van der Waals surface area contributed by atoms with E-state index in [2.05, 4.69) is 11.4 Å². The van der Waals surface area contributed by atoms with Crippen molar-refractivity contribution in [3.63, 3.8) is 0 Å². The molecular formula is C16H20N2O3. The van der Waals surface area contributed by atoms with Gasteiger partial charge in [-0.15, -0.1) is 0 Å². The summed E-state index contributed by atoms with van der Waals surface area (Å²) < 4.78 is 10.6. The number of nitrogens with one attached hydrogen (secondary N) is 1. The van der Waals surface area contributed by atoms with Crippen LogP contribution in [0.25, 0.3) is 0 Å². The Morgan fingerprint density at radius 1 is 1.43 bits per heavy atom. The van der Waals surface area contributed by atoms with Crippen LogP contribution in [0.3, 0.4) is 0 Å². The minimum absolute atomic E-state index is 0.227. The zero-order valence-electron chi connectivity index (χ0n) is 12.2. The first-order valence-electron chi connectivity index (χ1n) is 7.19. The molecule has 1 aliphatic carbocycles. The van der Waals surface area contributed by atoms with E-state index in [4.69, 9.17) is 14.7 Å². The lowest BCUT2D eigenvalue weighted by Crippen LogP contribution is -2.36. The van der Waals surface area contributed by atoms with Crippen molar-refractivity contribution in [1.29, 1.82) is 5.26 Å². The van der Waals surface area contributed by atoms with Crippen LogP contribution in [0.1, 0.15) is 31.2 Å². The van der Waals surface area contributed by atoms with E-state index in [1.807, 2.05) is 6.07 Å². The maximum absolute atomic E-state index is 11.9. The molecule has 0 spiro atoms. The fourth-order valence-electron chi connectivity index (χ4n) is 2.49. The van der Waals surface area contributed by atoms with Crippen LogP contribution in [0.5, 0.6) is 0 Å². The van der Waals surface area contributed by atoms with Gasteiger partial charge in [-0.25, -0.2) is 4.79 Å². The van der Waals surface area contributed by atoms with Crippen molar-refractivity contribution in [3.8, 4) is 6.07 Å². The van der Waals surface area contributed by atoms with E-state index in [-0.39, 0.29) is 18.7 Å². The maximum atomic E-state index is 11.9. The minimum Gasteiger partial charge on any atom is -0.467 e. The van der Waals surface area contributed by atoms with Crippen molar-refractivity contribution in [2.24, 2.45) is 0 Å². The van der Waals surface area contributed by atoms with Gasteiger partial charge in [-0.3, -0.25) is 0 Å². The number of carbonyl (C=O) groups excluding carboxylic acids is 1. The molecule has 1 unspecified atom stereocenters. The second-order valence-corrected chi connectivity index (χ2v) is 5.12. The van der Waals surface area contributed by atoms with Gasteiger partial charge >= 0.3 is 5.97 Å². The van der Waals surface area contributed by atoms with E-state index < -0.39 is 6.04 Å². The maximum Gasteiger partial charge on any atom is 0.330 e. The summed E-state index contributed by atoms with van der Waals surface area (Å²) in [5.74, 6) is -0.388. The summed E-state index contributed by atoms with van der Waals surface area (Å²) in [6, 6.07) is 8.56. The standard InChI is InChI=1S/C16H20N2O3/c1-20-16(19)15(11-21-13-7-3-4-8-13)18-14-9-5-2-6-12(14)10-17/h2,5-6,9,13,15,18H,3-4,7-8,11H2,1H3. The molecule has 0 aliphatic heterocycles. The number of rotatable bonds is 6. The number of anilines is 1. The third-order valence-electron chi connectivity index (χ3n) is 3.66. The summed E-state index contributed by atoms with van der Waals surface area (Å²) in [7, 11) is 1.35. The molecule has 1 aliphatic rings. The van der Waals surface area contributed by atoms with Crippen molar-refractivity contribution in [3.05, 3.63) is 29.8 Å². The molecule has 5 nitrogen and oxygen atoms in total. The Kier molecular flexibility index (Phi) is 5.59. The quantitative estimate of drug-likeness (QED) is 0.814. The Hall–Kier alpha value is -2.06. The number of methoxy groups -OCH3 is 1. The number of nitrogens with zero attached hydrogens (tertiary/aromatic N) is 1. The lowest BCUT2D eigenvalue weighted by atomic mass is 10.1. The van der Waals surface area contributed by atoms with Gasteiger partial charge in [0.25, 0.3) is 0 Å². The summed E-state index contributed by atoms with van der Waals surface area (Å²) in [5, 5.41) is 12.1. The number of esters is 1. The van der Waals surface area contributed by atoms with Gasteiger partial charge in [0, 0.05) is 0 Å². The van der Waals surface area contributed by atoms with Crippen LogP contribution in [0.2, 0.25) is 0 Å². The number of ether oxygens (including phenoxy) is 2. The molecule has 1 aromatic rings. The molecule has 0 amide bonds. The third-order valence-corrected chi connectivity index (χ3v) is 3.66. The van der Waals surface area contributed by atoms with Crippen LogP contribution in [-0.2, 0) is 14.3 Å². The summed E-state index contributed by atoms with van der Waals surface area (Å²) >= 11 is 0. The molecule has 1 aromatic carbocycles. The van der Waals surface area contributed by atoms with E-state index >= 15 is 0 Å². The van der Waals surface area contributed by atoms with E-state index in [0.717, 1.165) is 12.8 Å². The number of benzene rings is 1. The zero-order chi connectivity index (χ0) is 15.1. The first-order chi connectivity index (χ1) is 10.2. The molecule has 0 aromatic heterocycles. The van der Waals surface area contributed by atoms with Gasteiger partial charge in [-0.2, -0.15) is 5.26 Å². The van der Waals surface area contributed by atoms with Gasteiger partial charge in [-0.05, 0) is 25.0 Å². The summed E-state index contributed by atoms with van der Waals surface area (Å²) in [6.07, 6.45) is 4.67. The Bertz CT molecular complexity index is 518. The first kappa shape index (κ1) is 15.3. The lowest BCUT2D eigenvalue weighted by molar-refractivity contribution is -0.143. The van der Waals surface area contributed by atoms with Gasteiger partial charge in [-0.1, -0.05) is 25.0 Å². The van der Waals surface area contributed by atoms with E-state index in [9.17, 15) is 4.79 Å². The molecular weight excluding hydrogens is 268 g/mol. The van der Waals surface area contributed by atoms with Gasteiger partial charge in [0.1, 0.15) is 12.1 Å². The minimum atomic E-state index is -0.606. The van der Waals surface area contributed by atoms with Crippen LogP contribution in [0, 0.1) is 11.3 Å². The highest BCUT2D eigenvalue weighted by Crippen LogP contribution is 2.22. The van der Waals surface area contributed by atoms with Gasteiger partial charge in [0.05, 0.1) is 31.1 Å². The fraction of sp³-hybridized carbons (Fsp3) is 0.500. The Balaban J connectivity index is 2.01. The topological polar surface area (TPSA) is 71.3 Å². The Morgan fingerprint density at radius 2 is 2.14 bits per heavy atom. The smallest absolute Gasteiger partial charge is 0.330 e. The largest absolute Gasteiger partial charge is 0.467 e. The predicted molar refractivity (Wildman–Crippen MR) is 78.8 cm³/mol. The number of hydrogen-bond acceptors (Lipinski definition) is 5. The van der Waals surface area contributed by atoms with Gasteiger partial charge in [0.2, 0.25) is 0 Å². The molecule has 0 radical (unpaired) electrons. The predicted octanol–water partition coefficient (Wildman–Crippen LogP) is 2.47. The van der Waals surface area contributed by atoms with Crippen molar-refractivity contribution in [1.82, 2.24) is 0 Å². The number of nitriles is 1. The summed E-state index contributed by atoms with van der Waals surface area (Å²) in [6.45, 7) is 0.247. The molecule has 0 heterocycles. The summed E-state index contributed by atoms with van der Waals surface area (Å²) in [5.41, 5.74) is 1.11. The molecule has 1 fully saturated rings. The fourth-order valence-corrected chi connectivity index (χ4v) is 2.49. The highest BCUT2D eigenvalue weighted by molar-refractivity contribution is 5.80. The van der Waals surface area contributed by atoms with Crippen LogP contribution in [0.4, 0.5) is 5.69 Å². The molecule has 1 saturated carbocycles. The van der Waals surface area contributed by atoms with Crippen LogP contribution < -0.4 is 5.32 Å². The van der Waals surface area contributed by atoms with Crippen LogP contribution >= 0.6 is 0 Å². The molecule has 5 heteroatoms. The highest BCUT2D eigenvalue weighted by atomic mass is 16.5. The normalized spacial score (nSPS) is 16.2. The molecule has 21 heavy (non-hydrogen) atoms. The van der Waals surface area contributed by atoms with Crippen molar-refractivity contribution < 1.29 is 14.3 Å². The van der Waals surface area contributed by atoms with E-state index in [0.29, 0.717) is 11.3 Å². The molecule has 0 saturated heterocycles. The average molecular weight is 288 g/mol. The Labute approximate surface area is 124 Å². The lowest BCUT2D eigenvalue weighted by Gasteiger charge is -2.20. The number of hydrogen-bond donors (Lipinski definition) is 1. The van der Waals surface area contributed by atoms with E-state index in [1.54, 1.807) is 18.2 Å².